The first-order valence-electron chi connectivity index (χ1n) is 6.24. The number of hydrogen-bond donors (Lipinski definition) is 1. The third-order valence-electron chi connectivity index (χ3n) is 2.55. The van der Waals surface area contributed by atoms with Crippen LogP contribution in [0.4, 0.5) is 0 Å². The number of hydrogen-bond acceptors (Lipinski definition) is 3. The summed E-state index contributed by atoms with van der Waals surface area (Å²) in [4.78, 5) is 12.3. The number of carboxylic acid groups (broad SMARTS) is 1. The van der Waals surface area contributed by atoms with Crippen molar-refractivity contribution in [1.82, 2.24) is 4.90 Å². The highest BCUT2D eigenvalue weighted by molar-refractivity contribution is 5.69. The Labute approximate surface area is 108 Å². The smallest absolute Gasteiger partial charge is 0.317 e. The molecule has 0 aromatic heterocycles. The third kappa shape index (κ3) is 5.68. The fourth-order valence-electron chi connectivity index (χ4n) is 1.62. The van der Waals surface area contributed by atoms with Gasteiger partial charge in [0.15, 0.2) is 0 Å². The molecule has 0 radical (unpaired) electrons. The fraction of sp³-hybridized carbons (Fsp3) is 0.500. The van der Waals surface area contributed by atoms with E-state index in [1.54, 1.807) is 11.9 Å². The van der Waals surface area contributed by atoms with Gasteiger partial charge in [0.1, 0.15) is 5.75 Å². The van der Waals surface area contributed by atoms with E-state index >= 15 is 0 Å². The van der Waals surface area contributed by atoms with Gasteiger partial charge in [-0.2, -0.15) is 0 Å². The van der Waals surface area contributed by atoms with E-state index in [4.69, 9.17) is 9.84 Å². The molecular formula is C14H21NO3. The lowest BCUT2D eigenvalue weighted by molar-refractivity contribution is -0.138. The number of benzene rings is 1. The average molecular weight is 251 g/mol. The largest absolute Gasteiger partial charge is 0.494 e. The van der Waals surface area contributed by atoms with Crippen LogP contribution in [0.1, 0.15) is 25.3 Å². The minimum atomic E-state index is -0.808. The van der Waals surface area contributed by atoms with E-state index in [1.165, 1.54) is 0 Å². The van der Waals surface area contributed by atoms with Crippen molar-refractivity contribution in [1.29, 1.82) is 0 Å². The van der Waals surface area contributed by atoms with Gasteiger partial charge in [0.2, 0.25) is 0 Å². The van der Waals surface area contributed by atoms with Gasteiger partial charge in [-0.15, -0.1) is 0 Å². The maximum Gasteiger partial charge on any atom is 0.317 e. The standard InChI is InChI=1S/C14H21NO3/c1-3-4-9-18-13-7-5-12(6-8-13)10-15(2)11-14(16)17/h5-8H,3-4,9-11H2,1-2H3,(H,16,17). The van der Waals surface area contributed by atoms with Gasteiger partial charge in [0, 0.05) is 6.54 Å². The molecule has 0 heterocycles. The molecule has 4 nitrogen and oxygen atoms in total. The number of rotatable bonds is 8. The molecule has 1 N–H and O–H groups in total. The molecule has 0 unspecified atom stereocenters. The van der Waals surface area contributed by atoms with Crippen molar-refractivity contribution in [2.24, 2.45) is 0 Å². The SMILES string of the molecule is CCCCOc1ccc(CN(C)CC(=O)O)cc1. The van der Waals surface area contributed by atoms with E-state index in [2.05, 4.69) is 6.92 Å². The Morgan fingerprint density at radius 1 is 1.33 bits per heavy atom. The number of unbranched alkanes of at least 4 members (excludes halogenated alkanes) is 1. The highest BCUT2D eigenvalue weighted by atomic mass is 16.5. The maximum absolute atomic E-state index is 10.5. The third-order valence-corrected chi connectivity index (χ3v) is 2.55. The number of carbonyl (C=O) groups is 1. The van der Waals surface area contributed by atoms with Crippen LogP contribution in [0.5, 0.6) is 5.75 Å². The van der Waals surface area contributed by atoms with Crippen molar-refractivity contribution in [3.8, 4) is 5.75 Å². The quantitative estimate of drug-likeness (QED) is 0.721. The first kappa shape index (κ1) is 14.5. The zero-order valence-electron chi connectivity index (χ0n) is 11.1. The number of likely N-dealkylation sites (N-methyl/N-ethyl adjacent to an activating group) is 1. The molecule has 0 aliphatic carbocycles. The lowest BCUT2D eigenvalue weighted by atomic mass is 10.2. The zero-order chi connectivity index (χ0) is 13.4. The molecule has 0 saturated heterocycles. The van der Waals surface area contributed by atoms with Crippen molar-refractivity contribution in [3.05, 3.63) is 29.8 Å². The van der Waals surface area contributed by atoms with Crippen LogP contribution >= 0.6 is 0 Å². The Hall–Kier alpha value is -1.55. The lowest BCUT2D eigenvalue weighted by Gasteiger charge is -2.14. The summed E-state index contributed by atoms with van der Waals surface area (Å²) in [5.41, 5.74) is 1.08. The van der Waals surface area contributed by atoms with Crippen LogP contribution in [0.3, 0.4) is 0 Å². The molecular weight excluding hydrogens is 230 g/mol. The minimum Gasteiger partial charge on any atom is -0.494 e. The molecule has 1 aromatic carbocycles. The molecule has 0 atom stereocenters. The Balaban J connectivity index is 2.42. The first-order chi connectivity index (χ1) is 8.61. The highest BCUT2D eigenvalue weighted by Crippen LogP contribution is 2.13. The molecule has 0 aliphatic heterocycles. The van der Waals surface area contributed by atoms with E-state index in [0.29, 0.717) is 6.54 Å². The second kappa shape index (κ2) is 7.71. The van der Waals surface area contributed by atoms with Crippen molar-refractivity contribution in [2.45, 2.75) is 26.3 Å². The number of carboxylic acids is 1. The topological polar surface area (TPSA) is 49.8 Å². The van der Waals surface area contributed by atoms with E-state index < -0.39 is 5.97 Å². The van der Waals surface area contributed by atoms with Gasteiger partial charge in [0.05, 0.1) is 13.2 Å². The van der Waals surface area contributed by atoms with Crippen LogP contribution < -0.4 is 4.74 Å². The summed E-state index contributed by atoms with van der Waals surface area (Å²) in [6.07, 6.45) is 2.18. The second-order valence-corrected chi connectivity index (χ2v) is 4.41. The summed E-state index contributed by atoms with van der Waals surface area (Å²) >= 11 is 0. The number of ether oxygens (including phenoxy) is 1. The van der Waals surface area contributed by atoms with Crippen LogP contribution in [0.15, 0.2) is 24.3 Å². The number of aliphatic carboxylic acids is 1. The van der Waals surface area contributed by atoms with E-state index in [-0.39, 0.29) is 6.54 Å². The normalized spacial score (nSPS) is 10.6. The fourth-order valence-corrected chi connectivity index (χ4v) is 1.62. The molecule has 0 amide bonds. The second-order valence-electron chi connectivity index (χ2n) is 4.41. The summed E-state index contributed by atoms with van der Waals surface area (Å²) in [6.45, 7) is 3.55. The summed E-state index contributed by atoms with van der Waals surface area (Å²) in [6, 6.07) is 7.80. The Bertz CT molecular complexity index is 362. The van der Waals surface area contributed by atoms with Gasteiger partial charge in [-0.3, -0.25) is 9.69 Å². The molecule has 4 heteroatoms. The Kier molecular flexibility index (Phi) is 6.22. The van der Waals surface area contributed by atoms with E-state index in [1.807, 2.05) is 24.3 Å². The predicted octanol–water partition coefficient (Wildman–Crippen LogP) is 2.38. The molecule has 0 spiro atoms. The summed E-state index contributed by atoms with van der Waals surface area (Å²) in [7, 11) is 1.79. The molecule has 0 fully saturated rings. The van der Waals surface area contributed by atoms with Crippen LogP contribution in [0.25, 0.3) is 0 Å². The van der Waals surface area contributed by atoms with Gasteiger partial charge in [0.25, 0.3) is 0 Å². The molecule has 100 valence electrons. The first-order valence-corrected chi connectivity index (χ1v) is 6.24. The summed E-state index contributed by atoms with van der Waals surface area (Å²) in [5.74, 6) is 0.0603. The van der Waals surface area contributed by atoms with Crippen LogP contribution in [0.2, 0.25) is 0 Å². The van der Waals surface area contributed by atoms with Gasteiger partial charge in [-0.05, 0) is 31.2 Å². The Morgan fingerprint density at radius 2 is 2.00 bits per heavy atom. The van der Waals surface area contributed by atoms with E-state index in [9.17, 15) is 4.79 Å². The monoisotopic (exact) mass is 251 g/mol. The highest BCUT2D eigenvalue weighted by Gasteiger charge is 2.05. The van der Waals surface area contributed by atoms with Crippen molar-refractivity contribution in [2.75, 3.05) is 20.2 Å². The van der Waals surface area contributed by atoms with Crippen LogP contribution in [0, 0.1) is 0 Å². The molecule has 0 aliphatic rings. The van der Waals surface area contributed by atoms with Gasteiger partial charge in [-0.1, -0.05) is 25.5 Å². The average Bonchev–Trinajstić information content (AvgIpc) is 2.30. The molecule has 1 aromatic rings. The molecule has 18 heavy (non-hydrogen) atoms. The van der Waals surface area contributed by atoms with Gasteiger partial charge >= 0.3 is 5.97 Å². The zero-order valence-corrected chi connectivity index (χ0v) is 11.1. The van der Waals surface area contributed by atoms with Gasteiger partial charge in [-0.25, -0.2) is 0 Å². The van der Waals surface area contributed by atoms with Crippen molar-refractivity contribution in [3.63, 3.8) is 0 Å². The number of nitrogens with zero attached hydrogens (tertiary/aromatic N) is 1. The van der Waals surface area contributed by atoms with Crippen LogP contribution in [-0.2, 0) is 11.3 Å². The van der Waals surface area contributed by atoms with Crippen LogP contribution in [-0.4, -0.2) is 36.2 Å². The minimum absolute atomic E-state index is 0.0503. The van der Waals surface area contributed by atoms with Crippen molar-refractivity contribution < 1.29 is 14.6 Å². The summed E-state index contributed by atoms with van der Waals surface area (Å²) in [5, 5.41) is 8.66. The predicted molar refractivity (Wildman–Crippen MR) is 70.8 cm³/mol. The molecule has 1 rings (SSSR count). The lowest BCUT2D eigenvalue weighted by Crippen LogP contribution is -2.25. The summed E-state index contributed by atoms with van der Waals surface area (Å²) < 4.78 is 5.56. The van der Waals surface area contributed by atoms with Gasteiger partial charge < -0.3 is 9.84 Å². The maximum atomic E-state index is 10.5. The Morgan fingerprint density at radius 3 is 2.56 bits per heavy atom. The molecule has 0 saturated carbocycles. The van der Waals surface area contributed by atoms with Crippen molar-refractivity contribution >= 4 is 5.97 Å². The van der Waals surface area contributed by atoms with E-state index in [0.717, 1.165) is 30.8 Å². The molecule has 0 bridgehead atoms.